The highest BCUT2D eigenvalue weighted by Gasteiger charge is 2.48. The van der Waals surface area contributed by atoms with Crippen molar-refractivity contribution in [1.29, 1.82) is 5.26 Å². The lowest BCUT2D eigenvalue weighted by atomic mass is 9.75. The van der Waals surface area contributed by atoms with Crippen molar-refractivity contribution in [1.82, 2.24) is 4.90 Å². The van der Waals surface area contributed by atoms with Crippen LogP contribution in [0.15, 0.2) is 18.2 Å². The van der Waals surface area contributed by atoms with E-state index >= 15 is 0 Å². The average molecular weight is 256 g/mol. The molecule has 100 valence electrons. The van der Waals surface area contributed by atoms with E-state index in [1.807, 2.05) is 0 Å². The third-order valence-electron chi connectivity index (χ3n) is 4.42. The first kappa shape index (κ1) is 12.7. The molecule has 3 nitrogen and oxygen atoms in total. The summed E-state index contributed by atoms with van der Waals surface area (Å²) in [6.07, 6.45) is 3.64. The molecule has 19 heavy (non-hydrogen) atoms. The molecule has 0 saturated carbocycles. The van der Waals surface area contributed by atoms with Crippen LogP contribution in [0.25, 0.3) is 0 Å². The van der Waals surface area contributed by atoms with Crippen LogP contribution in [-0.4, -0.2) is 32.2 Å². The van der Waals surface area contributed by atoms with Gasteiger partial charge in [0.25, 0.3) is 0 Å². The molecule has 1 atom stereocenters. The first-order valence-electron chi connectivity index (χ1n) is 6.93. The molecular formula is C16H20N2O. The Morgan fingerprint density at radius 2 is 2.00 bits per heavy atom. The number of nitrogens with zero attached hydrogens (tertiary/aromatic N) is 2. The van der Waals surface area contributed by atoms with Crippen molar-refractivity contribution in [3.05, 3.63) is 34.9 Å². The molecule has 1 fully saturated rings. The predicted octanol–water partition coefficient (Wildman–Crippen LogP) is 2.32. The molecule has 1 aromatic rings. The lowest BCUT2D eigenvalue weighted by molar-refractivity contribution is -0.115. The Morgan fingerprint density at radius 1 is 1.26 bits per heavy atom. The van der Waals surface area contributed by atoms with Gasteiger partial charge in [0.2, 0.25) is 0 Å². The fraction of sp³-hybridized carbons (Fsp3) is 0.562. The summed E-state index contributed by atoms with van der Waals surface area (Å²) < 4.78 is 5.33. The molecule has 1 saturated heterocycles. The quantitative estimate of drug-likeness (QED) is 0.832. The zero-order valence-electron chi connectivity index (χ0n) is 11.6. The van der Waals surface area contributed by atoms with Gasteiger partial charge in [-0.25, -0.2) is 0 Å². The molecule has 1 heterocycles. The van der Waals surface area contributed by atoms with Crippen LogP contribution in [0.1, 0.15) is 29.2 Å². The monoisotopic (exact) mass is 256 g/mol. The van der Waals surface area contributed by atoms with Crippen LogP contribution in [-0.2, 0) is 17.6 Å². The molecule has 0 N–H and O–H groups in total. The molecular weight excluding hydrogens is 236 g/mol. The zero-order chi connectivity index (χ0) is 13.5. The SMILES string of the molecule is CN(C)C(c1ccc2c(c1)CCC2)C1(C#N)COC1. The van der Waals surface area contributed by atoms with Crippen LogP contribution in [0, 0.1) is 16.7 Å². The Bertz CT molecular complexity index is 526. The van der Waals surface area contributed by atoms with Crippen molar-refractivity contribution in [2.24, 2.45) is 5.41 Å². The number of aryl methyl sites for hydroxylation is 2. The number of fused-ring (bicyclic) bond motifs is 1. The minimum absolute atomic E-state index is 0.122. The van der Waals surface area contributed by atoms with Crippen molar-refractivity contribution in [2.75, 3.05) is 27.3 Å². The number of benzene rings is 1. The maximum atomic E-state index is 9.55. The minimum atomic E-state index is -0.379. The minimum Gasteiger partial charge on any atom is -0.378 e. The fourth-order valence-electron chi connectivity index (χ4n) is 3.48. The van der Waals surface area contributed by atoms with E-state index in [1.165, 1.54) is 36.0 Å². The zero-order valence-corrected chi connectivity index (χ0v) is 11.6. The van der Waals surface area contributed by atoms with Gasteiger partial charge in [0, 0.05) is 0 Å². The molecule has 2 aliphatic rings. The van der Waals surface area contributed by atoms with Gasteiger partial charge in [-0.1, -0.05) is 18.2 Å². The molecule has 0 aromatic heterocycles. The summed E-state index contributed by atoms with van der Waals surface area (Å²) >= 11 is 0. The largest absolute Gasteiger partial charge is 0.378 e. The second-order valence-corrected chi connectivity index (χ2v) is 6.01. The molecule has 1 aliphatic carbocycles. The van der Waals surface area contributed by atoms with Gasteiger partial charge in [0.05, 0.1) is 25.3 Å². The maximum Gasteiger partial charge on any atom is 0.123 e. The van der Waals surface area contributed by atoms with E-state index in [0.29, 0.717) is 13.2 Å². The third kappa shape index (κ3) is 1.96. The van der Waals surface area contributed by atoms with Crippen molar-refractivity contribution >= 4 is 0 Å². The summed E-state index contributed by atoms with van der Waals surface area (Å²) in [5.74, 6) is 0. The summed E-state index contributed by atoms with van der Waals surface area (Å²) in [7, 11) is 4.10. The number of hydrogen-bond donors (Lipinski definition) is 0. The van der Waals surface area contributed by atoms with Gasteiger partial charge in [-0.05, 0) is 50.0 Å². The van der Waals surface area contributed by atoms with E-state index in [1.54, 1.807) is 0 Å². The van der Waals surface area contributed by atoms with Gasteiger partial charge in [0.15, 0.2) is 0 Å². The van der Waals surface area contributed by atoms with Gasteiger partial charge >= 0.3 is 0 Å². The Hall–Kier alpha value is -1.37. The van der Waals surface area contributed by atoms with E-state index < -0.39 is 0 Å². The van der Waals surface area contributed by atoms with E-state index in [2.05, 4.69) is 43.3 Å². The van der Waals surface area contributed by atoms with E-state index in [-0.39, 0.29) is 11.5 Å². The first-order chi connectivity index (χ1) is 9.16. The number of rotatable bonds is 3. The smallest absolute Gasteiger partial charge is 0.123 e. The van der Waals surface area contributed by atoms with Crippen molar-refractivity contribution < 1.29 is 4.74 Å². The summed E-state index contributed by atoms with van der Waals surface area (Å²) in [5, 5.41) is 9.55. The Balaban J connectivity index is 1.99. The second-order valence-electron chi connectivity index (χ2n) is 6.01. The van der Waals surface area contributed by atoms with Crippen molar-refractivity contribution in [3.63, 3.8) is 0 Å². The van der Waals surface area contributed by atoms with Crippen LogP contribution in [0.2, 0.25) is 0 Å². The topological polar surface area (TPSA) is 36.3 Å². The van der Waals surface area contributed by atoms with Crippen LogP contribution in [0.4, 0.5) is 0 Å². The highest BCUT2D eigenvalue weighted by molar-refractivity contribution is 5.38. The molecule has 0 amide bonds. The van der Waals surface area contributed by atoms with E-state index in [4.69, 9.17) is 4.74 Å². The van der Waals surface area contributed by atoms with E-state index in [9.17, 15) is 5.26 Å². The lowest BCUT2D eigenvalue weighted by Gasteiger charge is -2.44. The van der Waals surface area contributed by atoms with Crippen LogP contribution in [0.5, 0.6) is 0 Å². The normalized spacial score (nSPS) is 21.6. The van der Waals surface area contributed by atoms with Gasteiger partial charge in [-0.3, -0.25) is 0 Å². The number of nitriles is 1. The average Bonchev–Trinajstić information content (AvgIpc) is 2.80. The summed E-state index contributed by atoms with van der Waals surface area (Å²) in [6.45, 7) is 1.09. The highest BCUT2D eigenvalue weighted by Crippen LogP contribution is 2.43. The number of hydrogen-bond acceptors (Lipinski definition) is 3. The van der Waals surface area contributed by atoms with Crippen molar-refractivity contribution in [2.45, 2.75) is 25.3 Å². The predicted molar refractivity (Wildman–Crippen MR) is 73.8 cm³/mol. The Morgan fingerprint density at radius 3 is 2.58 bits per heavy atom. The summed E-state index contributed by atoms with van der Waals surface area (Å²) in [5.41, 5.74) is 3.83. The standard InChI is InChI=1S/C16H20N2O/c1-18(2)15(16(9-17)10-19-11-16)14-7-6-12-4-3-5-13(12)8-14/h6-8,15H,3-5,10-11H2,1-2H3. The molecule has 1 aromatic carbocycles. The molecule has 1 aliphatic heterocycles. The molecule has 0 bridgehead atoms. The summed E-state index contributed by atoms with van der Waals surface area (Å²) in [6, 6.07) is 9.38. The van der Waals surface area contributed by atoms with Crippen molar-refractivity contribution in [3.8, 4) is 6.07 Å². The first-order valence-corrected chi connectivity index (χ1v) is 6.93. The molecule has 3 rings (SSSR count). The van der Waals surface area contributed by atoms with Gasteiger partial charge in [0.1, 0.15) is 5.41 Å². The molecule has 0 spiro atoms. The van der Waals surface area contributed by atoms with Gasteiger partial charge in [-0.2, -0.15) is 5.26 Å². The van der Waals surface area contributed by atoms with Gasteiger partial charge < -0.3 is 9.64 Å². The van der Waals surface area contributed by atoms with Crippen LogP contribution >= 0.6 is 0 Å². The molecule has 3 heteroatoms. The van der Waals surface area contributed by atoms with E-state index in [0.717, 1.165) is 0 Å². The highest BCUT2D eigenvalue weighted by atomic mass is 16.5. The lowest BCUT2D eigenvalue weighted by Crippen LogP contribution is -2.50. The number of ether oxygens (including phenoxy) is 1. The third-order valence-corrected chi connectivity index (χ3v) is 4.42. The Kier molecular flexibility index (Phi) is 3.08. The maximum absolute atomic E-state index is 9.55. The van der Waals surface area contributed by atoms with Gasteiger partial charge in [-0.15, -0.1) is 0 Å². The molecule has 0 radical (unpaired) electrons. The fourth-order valence-corrected chi connectivity index (χ4v) is 3.48. The van der Waals surface area contributed by atoms with Crippen LogP contribution in [0.3, 0.4) is 0 Å². The van der Waals surface area contributed by atoms with Crippen LogP contribution < -0.4 is 0 Å². The Labute approximate surface area is 114 Å². The second kappa shape index (κ2) is 4.63. The molecule has 1 unspecified atom stereocenters. The summed E-state index contributed by atoms with van der Waals surface area (Å²) in [4.78, 5) is 2.16.